The third kappa shape index (κ3) is 8.31. The van der Waals surface area contributed by atoms with E-state index in [0.717, 1.165) is 18.5 Å². The minimum Gasteiger partial charge on any atom is -0.480 e. The molecule has 5 atom stereocenters. The van der Waals surface area contributed by atoms with Crippen LogP contribution in [-0.2, 0) is 25.7 Å². The van der Waals surface area contributed by atoms with Crippen molar-refractivity contribution in [2.24, 2.45) is 11.8 Å². The van der Waals surface area contributed by atoms with Crippen molar-refractivity contribution >= 4 is 18.0 Å². The third-order valence-corrected chi connectivity index (χ3v) is 7.56. The third-order valence-electron chi connectivity index (χ3n) is 7.56. The Kier molecular flexibility index (Phi) is 10.7. The molecular formula is C32H44N2O6. The van der Waals surface area contributed by atoms with Gasteiger partial charge in [-0.15, -0.1) is 0 Å². The number of nitrogens with zero attached hydrogens (tertiary/aromatic N) is 2. The minimum absolute atomic E-state index is 0.0231. The van der Waals surface area contributed by atoms with Crippen LogP contribution in [0.1, 0.15) is 71.6 Å². The van der Waals surface area contributed by atoms with Crippen molar-refractivity contribution < 1.29 is 29.0 Å². The number of carboxylic acid groups (broad SMARTS) is 1. The molecule has 2 aliphatic rings. The summed E-state index contributed by atoms with van der Waals surface area (Å²) in [4.78, 5) is 39.1. The molecule has 1 N–H and O–H groups in total. The first kappa shape index (κ1) is 31.1. The quantitative estimate of drug-likeness (QED) is 0.445. The van der Waals surface area contributed by atoms with Gasteiger partial charge in [-0.1, -0.05) is 74.5 Å². The van der Waals surface area contributed by atoms with E-state index in [0.29, 0.717) is 25.5 Å². The second-order valence-corrected chi connectivity index (χ2v) is 11.9. The van der Waals surface area contributed by atoms with Crippen LogP contribution in [0.25, 0.3) is 0 Å². The molecule has 2 saturated heterocycles. The Bertz CT molecular complexity index is 1120. The standard InChI is InChI=1S/C21H25NO2.C11H19NO4/c1-16-13-14-22(17(2)19-11-7-4-8-12-19)20(16)21(23)24-15-18-9-5-3-6-10-18;1-7-5-6-12(8(7)9(13)14)10(15)16-11(2,3)4/h3-12,16-17,20H,13-15H2,1-2H3;7-8H,5-6H2,1-4H3,(H,13,14)/t16-,17+,20+;7-,8+/m11/s1. The maximum Gasteiger partial charge on any atom is 0.411 e. The first-order valence-corrected chi connectivity index (χ1v) is 14.1. The van der Waals surface area contributed by atoms with Gasteiger partial charge < -0.3 is 14.6 Å². The number of rotatable bonds is 6. The first-order chi connectivity index (χ1) is 18.9. The van der Waals surface area contributed by atoms with E-state index >= 15 is 0 Å². The summed E-state index contributed by atoms with van der Waals surface area (Å²) in [6.07, 6.45) is 1.20. The highest BCUT2D eigenvalue weighted by Crippen LogP contribution is 2.33. The van der Waals surface area contributed by atoms with Gasteiger partial charge in [0, 0.05) is 12.6 Å². The molecule has 218 valence electrons. The van der Waals surface area contributed by atoms with Crippen molar-refractivity contribution in [3.8, 4) is 0 Å². The molecule has 0 aromatic heterocycles. The molecule has 0 saturated carbocycles. The number of likely N-dealkylation sites (tertiary alicyclic amines) is 2. The highest BCUT2D eigenvalue weighted by Gasteiger charge is 2.42. The summed E-state index contributed by atoms with van der Waals surface area (Å²) in [5.74, 6) is -0.771. The van der Waals surface area contributed by atoms with Crippen LogP contribution in [0.15, 0.2) is 60.7 Å². The van der Waals surface area contributed by atoms with E-state index in [1.807, 2.05) is 55.5 Å². The lowest BCUT2D eigenvalue weighted by Crippen LogP contribution is -2.45. The first-order valence-electron chi connectivity index (χ1n) is 14.1. The minimum atomic E-state index is -0.962. The van der Waals surface area contributed by atoms with Crippen molar-refractivity contribution in [3.05, 3.63) is 71.8 Å². The number of carbonyl (C=O) groups excluding carboxylic acids is 2. The maximum atomic E-state index is 12.7. The van der Waals surface area contributed by atoms with Gasteiger partial charge in [-0.25, -0.2) is 9.59 Å². The zero-order chi connectivity index (χ0) is 29.4. The van der Waals surface area contributed by atoms with Gasteiger partial charge >= 0.3 is 18.0 Å². The molecule has 2 fully saturated rings. The molecule has 2 aliphatic heterocycles. The summed E-state index contributed by atoms with van der Waals surface area (Å²) in [5, 5.41) is 9.05. The monoisotopic (exact) mass is 552 g/mol. The zero-order valence-corrected chi connectivity index (χ0v) is 24.6. The van der Waals surface area contributed by atoms with Gasteiger partial charge in [0.25, 0.3) is 0 Å². The number of ether oxygens (including phenoxy) is 2. The lowest BCUT2D eigenvalue weighted by Gasteiger charge is -2.31. The number of carbonyl (C=O) groups is 3. The van der Waals surface area contributed by atoms with Crippen LogP contribution in [0.4, 0.5) is 4.79 Å². The van der Waals surface area contributed by atoms with Crippen LogP contribution in [0.3, 0.4) is 0 Å². The van der Waals surface area contributed by atoms with Crippen LogP contribution >= 0.6 is 0 Å². The number of amides is 1. The molecule has 8 nitrogen and oxygen atoms in total. The van der Waals surface area contributed by atoms with Gasteiger partial charge in [0.05, 0.1) is 0 Å². The van der Waals surface area contributed by atoms with E-state index in [1.165, 1.54) is 10.5 Å². The smallest absolute Gasteiger partial charge is 0.411 e. The number of esters is 1. The highest BCUT2D eigenvalue weighted by atomic mass is 16.6. The van der Waals surface area contributed by atoms with E-state index in [4.69, 9.17) is 14.6 Å². The van der Waals surface area contributed by atoms with Crippen molar-refractivity contribution in [3.63, 3.8) is 0 Å². The molecule has 2 heterocycles. The zero-order valence-electron chi connectivity index (χ0n) is 24.6. The van der Waals surface area contributed by atoms with Crippen LogP contribution < -0.4 is 0 Å². The van der Waals surface area contributed by atoms with E-state index in [1.54, 1.807) is 20.8 Å². The molecule has 0 radical (unpaired) electrons. The largest absolute Gasteiger partial charge is 0.480 e. The highest BCUT2D eigenvalue weighted by molar-refractivity contribution is 5.81. The number of benzene rings is 2. The Morgan fingerprint density at radius 3 is 2.02 bits per heavy atom. The van der Waals surface area contributed by atoms with E-state index < -0.39 is 23.7 Å². The summed E-state index contributed by atoms with van der Waals surface area (Å²) in [5.41, 5.74) is 1.68. The fourth-order valence-electron chi connectivity index (χ4n) is 5.36. The Balaban J connectivity index is 0.000000241. The number of aliphatic carboxylic acids is 1. The molecule has 2 aromatic rings. The topological polar surface area (TPSA) is 96.4 Å². The molecule has 0 aliphatic carbocycles. The number of carboxylic acids is 1. The van der Waals surface area contributed by atoms with Crippen molar-refractivity contribution in [1.29, 1.82) is 0 Å². The summed E-state index contributed by atoms with van der Waals surface area (Å²) in [6, 6.07) is 19.5. The van der Waals surface area contributed by atoms with Gasteiger partial charge in [-0.05, 0) is 70.0 Å². The second-order valence-electron chi connectivity index (χ2n) is 11.9. The van der Waals surface area contributed by atoms with Crippen molar-refractivity contribution in [2.45, 2.75) is 84.7 Å². The Morgan fingerprint density at radius 1 is 0.900 bits per heavy atom. The Morgan fingerprint density at radius 2 is 1.45 bits per heavy atom. The Hall–Kier alpha value is -3.39. The molecule has 2 aromatic carbocycles. The summed E-state index contributed by atoms with van der Waals surface area (Å²) in [6.45, 7) is 13.2. The lowest BCUT2D eigenvalue weighted by atomic mass is 10.0. The average molecular weight is 553 g/mol. The van der Waals surface area contributed by atoms with Gasteiger partial charge in [-0.2, -0.15) is 0 Å². The summed E-state index contributed by atoms with van der Waals surface area (Å²) < 4.78 is 10.8. The van der Waals surface area contributed by atoms with Gasteiger partial charge in [0.1, 0.15) is 24.3 Å². The molecule has 1 amide bonds. The molecule has 4 rings (SSSR count). The SMILES string of the molecule is C[C@@H]1CCN(C(=O)OC(C)(C)C)[C@@H]1C(=O)O.C[C@@H]1CCN([C@@H](C)c2ccccc2)[C@@H]1C(=O)OCc1ccccc1. The molecule has 0 unspecified atom stereocenters. The normalized spacial score (nSPS) is 23.6. The number of hydrogen-bond donors (Lipinski definition) is 1. The fraction of sp³-hybridized carbons (Fsp3) is 0.531. The fourth-order valence-corrected chi connectivity index (χ4v) is 5.36. The molecular weight excluding hydrogens is 508 g/mol. The van der Waals surface area contributed by atoms with E-state index in [2.05, 4.69) is 30.9 Å². The van der Waals surface area contributed by atoms with Gasteiger partial charge in [0.2, 0.25) is 0 Å². The predicted octanol–water partition coefficient (Wildman–Crippen LogP) is 5.92. The molecule has 0 bridgehead atoms. The van der Waals surface area contributed by atoms with Gasteiger partial charge in [-0.3, -0.25) is 14.6 Å². The van der Waals surface area contributed by atoms with Crippen LogP contribution in [-0.4, -0.2) is 63.7 Å². The van der Waals surface area contributed by atoms with Crippen molar-refractivity contribution in [2.75, 3.05) is 13.1 Å². The van der Waals surface area contributed by atoms with E-state index in [9.17, 15) is 14.4 Å². The number of hydrogen-bond acceptors (Lipinski definition) is 6. The molecule has 8 heteroatoms. The molecule has 0 spiro atoms. The summed E-state index contributed by atoms with van der Waals surface area (Å²) >= 11 is 0. The predicted molar refractivity (Wildman–Crippen MR) is 154 cm³/mol. The Labute approximate surface area is 238 Å². The van der Waals surface area contributed by atoms with E-state index in [-0.39, 0.29) is 24.0 Å². The summed E-state index contributed by atoms with van der Waals surface area (Å²) in [7, 11) is 0. The van der Waals surface area contributed by atoms with Crippen molar-refractivity contribution in [1.82, 2.24) is 9.80 Å². The molecule has 40 heavy (non-hydrogen) atoms. The second kappa shape index (κ2) is 13.8. The maximum absolute atomic E-state index is 12.7. The average Bonchev–Trinajstić information content (AvgIpc) is 3.50. The lowest BCUT2D eigenvalue weighted by molar-refractivity contribution is -0.152. The van der Waals surface area contributed by atoms with Gasteiger partial charge in [0.15, 0.2) is 0 Å². The van der Waals surface area contributed by atoms with Crippen LogP contribution in [0.5, 0.6) is 0 Å². The van der Waals surface area contributed by atoms with Crippen LogP contribution in [0.2, 0.25) is 0 Å². The van der Waals surface area contributed by atoms with Crippen LogP contribution in [0, 0.1) is 11.8 Å².